The molecule has 0 radical (unpaired) electrons. The quantitative estimate of drug-likeness (QED) is 0.526. The minimum absolute atomic E-state index is 0.0272. The molecule has 126 valence electrons. The van der Waals surface area contributed by atoms with Crippen molar-refractivity contribution in [2.75, 3.05) is 0 Å². The SMILES string of the molecule is O=C1NC(=O)N(C2CCCC2)C(=O)/C1=C/c1cc(Br)c(O)c(Br)c1. The Morgan fingerprint density at radius 1 is 1.12 bits per heavy atom. The van der Waals surface area contributed by atoms with E-state index in [-0.39, 0.29) is 17.4 Å². The fraction of sp³-hybridized carbons (Fsp3) is 0.312. The van der Waals surface area contributed by atoms with Gasteiger partial charge in [0.25, 0.3) is 11.8 Å². The Labute approximate surface area is 155 Å². The first kappa shape index (κ1) is 17.2. The van der Waals surface area contributed by atoms with E-state index in [9.17, 15) is 19.5 Å². The van der Waals surface area contributed by atoms with Crippen LogP contribution in [0.4, 0.5) is 4.79 Å². The topological polar surface area (TPSA) is 86.7 Å². The molecule has 4 amide bonds. The summed E-state index contributed by atoms with van der Waals surface area (Å²) in [6.45, 7) is 0. The van der Waals surface area contributed by atoms with E-state index >= 15 is 0 Å². The van der Waals surface area contributed by atoms with Crippen molar-refractivity contribution in [3.63, 3.8) is 0 Å². The molecule has 1 heterocycles. The Morgan fingerprint density at radius 2 is 1.71 bits per heavy atom. The standard InChI is InChI=1S/C16H14Br2N2O4/c17-11-6-8(7-12(18)13(11)21)5-10-14(22)19-16(24)20(15(10)23)9-3-1-2-4-9/h5-7,9,21H,1-4H2,(H,19,22,24)/b10-5+. The first-order chi connectivity index (χ1) is 11.4. The number of carbonyl (C=O) groups is 3. The van der Waals surface area contributed by atoms with Gasteiger partial charge >= 0.3 is 6.03 Å². The second-order valence-corrected chi connectivity index (χ2v) is 7.47. The van der Waals surface area contributed by atoms with Gasteiger partial charge in [-0.3, -0.25) is 19.8 Å². The average Bonchev–Trinajstić information content (AvgIpc) is 3.02. The fourth-order valence-corrected chi connectivity index (χ4v) is 4.22. The van der Waals surface area contributed by atoms with Crippen molar-refractivity contribution in [1.29, 1.82) is 0 Å². The second kappa shape index (κ2) is 6.68. The lowest BCUT2D eigenvalue weighted by molar-refractivity contribution is -0.131. The van der Waals surface area contributed by atoms with Gasteiger partial charge in [-0.05, 0) is 68.5 Å². The van der Waals surface area contributed by atoms with Crippen LogP contribution in [0.2, 0.25) is 0 Å². The van der Waals surface area contributed by atoms with E-state index in [2.05, 4.69) is 37.2 Å². The first-order valence-corrected chi connectivity index (χ1v) is 9.05. The third kappa shape index (κ3) is 3.12. The maximum absolute atomic E-state index is 12.7. The summed E-state index contributed by atoms with van der Waals surface area (Å²) >= 11 is 6.42. The summed E-state index contributed by atoms with van der Waals surface area (Å²) in [5.74, 6) is -1.25. The minimum atomic E-state index is -0.709. The number of hydrogen-bond acceptors (Lipinski definition) is 4. The fourth-order valence-electron chi connectivity index (χ4n) is 3.00. The van der Waals surface area contributed by atoms with Gasteiger partial charge in [0.2, 0.25) is 0 Å². The van der Waals surface area contributed by atoms with Crippen molar-refractivity contribution in [3.05, 3.63) is 32.2 Å². The van der Waals surface area contributed by atoms with Gasteiger partial charge in [-0.1, -0.05) is 12.8 Å². The van der Waals surface area contributed by atoms with Crippen LogP contribution in [0.3, 0.4) is 0 Å². The third-order valence-electron chi connectivity index (χ3n) is 4.17. The van der Waals surface area contributed by atoms with E-state index in [1.54, 1.807) is 12.1 Å². The molecule has 8 heteroatoms. The monoisotopic (exact) mass is 456 g/mol. The molecule has 2 N–H and O–H groups in total. The van der Waals surface area contributed by atoms with E-state index in [1.165, 1.54) is 6.08 Å². The van der Waals surface area contributed by atoms with E-state index in [0.29, 0.717) is 14.5 Å². The maximum atomic E-state index is 12.7. The van der Waals surface area contributed by atoms with Gasteiger partial charge in [0.1, 0.15) is 11.3 Å². The summed E-state index contributed by atoms with van der Waals surface area (Å²) in [7, 11) is 0. The van der Waals surface area contributed by atoms with Crippen molar-refractivity contribution in [3.8, 4) is 5.75 Å². The molecular formula is C16H14Br2N2O4. The number of urea groups is 1. The highest BCUT2D eigenvalue weighted by Gasteiger charge is 2.40. The van der Waals surface area contributed by atoms with Crippen LogP contribution < -0.4 is 5.32 Å². The third-order valence-corrected chi connectivity index (χ3v) is 5.38. The van der Waals surface area contributed by atoms with E-state index in [4.69, 9.17) is 0 Å². The molecule has 0 bridgehead atoms. The van der Waals surface area contributed by atoms with Crippen LogP contribution >= 0.6 is 31.9 Å². The summed E-state index contributed by atoms with van der Waals surface area (Å²) in [5, 5.41) is 12.0. The molecule has 1 aromatic rings. The molecule has 0 aromatic heterocycles. The number of hydrogen-bond donors (Lipinski definition) is 2. The van der Waals surface area contributed by atoms with Crippen molar-refractivity contribution < 1.29 is 19.5 Å². The molecule has 1 aliphatic carbocycles. The van der Waals surface area contributed by atoms with E-state index < -0.39 is 17.8 Å². The molecule has 24 heavy (non-hydrogen) atoms. The lowest BCUT2D eigenvalue weighted by Gasteiger charge is -2.31. The molecule has 3 rings (SSSR count). The molecule has 1 aliphatic heterocycles. The van der Waals surface area contributed by atoms with Crippen molar-refractivity contribution in [1.82, 2.24) is 10.2 Å². The number of halogens is 2. The highest BCUT2D eigenvalue weighted by molar-refractivity contribution is 9.11. The van der Waals surface area contributed by atoms with Crippen molar-refractivity contribution >= 4 is 55.8 Å². The van der Waals surface area contributed by atoms with Crippen LogP contribution in [0.1, 0.15) is 31.2 Å². The Balaban J connectivity index is 1.97. The Kier molecular flexibility index (Phi) is 4.78. The molecular weight excluding hydrogens is 444 g/mol. The van der Waals surface area contributed by atoms with Gasteiger partial charge in [0.05, 0.1) is 8.95 Å². The molecule has 0 atom stereocenters. The normalized spacial score (nSPS) is 20.8. The Bertz CT molecular complexity index is 746. The van der Waals surface area contributed by atoms with Crippen LogP contribution in [-0.2, 0) is 9.59 Å². The average molecular weight is 458 g/mol. The first-order valence-electron chi connectivity index (χ1n) is 7.47. The van der Waals surface area contributed by atoms with Crippen LogP contribution in [0.15, 0.2) is 26.7 Å². The number of phenolic OH excluding ortho intramolecular Hbond substituents is 1. The van der Waals surface area contributed by atoms with E-state index in [0.717, 1.165) is 30.6 Å². The van der Waals surface area contributed by atoms with Gasteiger partial charge in [-0.25, -0.2) is 4.79 Å². The number of carbonyl (C=O) groups excluding carboxylic acids is 3. The number of rotatable bonds is 2. The van der Waals surface area contributed by atoms with Gasteiger partial charge in [-0.15, -0.1) is 0 Å². The number of phenols is 1. The Morgan fingerprint density at radius 3 is 2.29 bits per heavy atom. The number of benzene rings is 1. The largest absolute Gasteiger partial charge is 0.506 e. The van der Waals surface area contributed by atoms with Crippen LogP contribution in [0, 0.1) is 0 Å². The zero-order chi connectivity index (χ0) is 17.4. The van der Waals surface area contributed by atoms with Crippen molar-refractivity contribution in [2.45, 2.75) is 31.7 Å². The molecule has 0 unspecified atom stereocenters. The predicted octanol–water partition coefficient (Wildman–Crippen LogP) is 3.32. The van der Waals surface area contributed by atoms with Gasteiger partial charge in [0.15, 0.2) is 0 Å². The zero-order valence-electron chi connectivity index (χ0n) is 12.5. The molecule has 0 spiro atoms. The Hall–Kier alpha value is -1.67. The zero-order valence-corrected chi connectivity index (χ0v) is 15.7. The van der Waals surface area contributed by atoms with Gasteiger partial charge in [-0.2, -0.15) is 0 Å². The molecule has 6 nitrogen and oxygen atoms in total. The molecule has 1 saturated heterocycles. The number of imide groups is 2. The van der Waals surface area contributed by atoms with Crippen LogP contribution in [0.5, 0.6) is 5.75 Å². The van der Waals surface area contributed by atoms with Crippen LogP contribution in [-0.4, -0.2) is 33.9 Å². The summed E-state index contributed by atoms with van der Waals surface area (Å²) in [6.07, 6.45) is 4.87. The smallest absolute Gasteiger partial charge is 0.331 e. The lowest BCUT2D eigenvalue weighted by atomic mass is 10.1. The molecule has 1 aromatic carbocycles. The van der Waals surface area contributed by atoms with E-state index in [1.807, 2.05) is 0 Å². The maximum Gasteiger partial charge on any atom is 0.331 e. The molecule has 2 fully saturated rings. The second-order valence-electron chi connectivity index (χ2n) is 5.76. The van der Waals surface area contributed by atoms with Gasteiger partial charge < -0.3 is 5.11 Å². The summed E-state index contributed by atoms with van der Waals surface area (Å²) in [4.78, 5) is 38.0. The number of nitrogens with zero attached hydrogens (tertiary/aromatic N) is 1. The predicted molar refractivity (Wildman–Crippen MR) is 94.1 cm³/mol. The minimum Gasteiger partial charge on any atom is -0.506 e. The molecule has 2 aliphatic rings. The molecule has 1 saturated carbocycles. The summed E-state index contributed by atoms with van der Waals surface area (Å²) in [6, 6.07) is 2.36. The summed E-state index contributed by atoms with van der Waals surface area (Å²) in [5.41, 5.74) is 0.455. The highest BCUT2D eigenvalue weighted by Crippen LogP contribution is 2.34. The van der Waals surface area contributed by atoms with Crippen LogP contribution in [0.25, 0.3) is 6.08 Å². The number of barbiturate groups is 1. The van der Waals surface area contributed by atoms with Crippen molar-refractivity contribution in [2.24, 2.45) is 0 Å². The number of amides is 4. The number of aromatic hydroxyl groups is 1. The highest BCUT2D eigenvalue weighted by atomic mass is 79.9. The summed E-state index contributed by atoms with van der Waals surface area (Å²) < 4.78 is 0.854. The number of nitrogens with one attached hydrogen (secondary N) is 1. The lowest BCUT2D eigenvalue weighted by Crippen LogP contribution is -2.57. The van der Waals surface area contributed by atoms with Gasteiger partial charge in [0, 0.05) is 6.04 Å².